The first-order valence-corrected chi connectivity index (χ1v) is 10.7. The van der Waals surface area contributed by atoms with E-state index in [1.54, 1.807) is 29.9 Å². The monoisotopic (exact) mass is 484 g/mol. The number of nitrogens with zero attached hydrogens (tertiary/aromatic N) is 3. The highest BCUT2D eigenvalue weighted by atomic mass is 79.9. The Balaban J connectivity index is 1.59. The van der Waals surface area contributed by atoms with Crippen molar-refractivity contribution in [2.75, 3.05) is 11.9 Å². The minimum Gasteiger partial charge on any atom is -0.452 e. The Morgan fingerprint density at radius 1 is 1.23 bits per heavy atom. The van der Waals surface area contributed by atoms with Gasteiger partial charge in [0.05, 0.1) is 32.9 Å². The Labute approximate surface area is 184 Å². The first kappa shape index (κ1) is 20.2. The van der Waals surface area contributed by atoms with Gasteiger partial charge in [0.25, 0.3) is 5.91 Å². The summed E-state index contributed by atoms with van der Waals surface area (Å²) in [5, 5.41) is 9.66. The Morgan fingerprint density at radius 2 is 2.03 bits per heavy atom. The van der Waals surface area contributed by atoms with E-state index >= 15 is 0 Å². The molecule has 0 radical (unpaired) electrons. The number of benzene rings is 1. The smallest absolute Gasteiger partial charge is 0.339 e. The number of halogens is 1. The lowest BCUT2D eigenvalue weighted by Crippen LogP contribution is -2.21. The van der Waals surface area contributed by atoms with Crippen molar-refractivity contribution in [2.45, 2.75) is 6.92 Å². The molecule has 7 nitrogen and oxygen atoms in total. The maximum absolute atomic E-state index is 12.9. The van der Waals surface area contributed by atoms with Crippen LogP contribution in [0.15, 0.2) is 52.3 Å². The molecule has 30 heavy (non-hydrogen) atoms. The van der Waals surface area contributed by atoms with Gasteiger partial charge in [-0.1, -0.05) is 18.2 Å². The molecule has 1 amide bonds. The maximum Gasteiger partial charge on any atom is 0.339 e. The number of fused-ring (bicyclic) bond motifs is 1. The Kier molecular flexibility index (Phi) is 5.65. The number of aryl methyl sites for hydroxylation is 2. The van der Waals surface area contributed by atoms with Crippen LogP contribution in [0.3, 0.4) is 0 Å². The number of carbonyl (C=O) groups is 2. The molecule has 0 aliphatic carbocycles. The minimum atomic E-state index is -0.599. The fourth-order valence-electron chi connectivity index (χ4n) is 3.11. The maximum atomic E-state index is 12.9. The van der Waals surface area contributed by atoms with Crippen LogP contribution in [0.5, 0.6) is 0 Å². The van der Waals surface area contributed by atoms with Crippen molar-refractivity contribution in [3.8, 4) is 10.6 Å². The van der Waals surface area contributed by atoms with Crippen LogP contribution < -0.4 is 5.32 Å². The lowest BCUT2D eigenvalue weighted by Gasteiger charge is -2.09. The molecule has 0 bridgehead atoms. The second kappa shape index (κ2) is 8.37. The van der Waals surface area contributed by atoms with Gasteiger partial charge in [-0.15, -0.1) is 11.3 Å². The molecule has 3 heterocycles. The highest BCUT2D eigenvalue weighted by Crippen LogP contribution is 2.29. The number of anilines is 1. The molecule has 0 fully saturated rings. The molecule has 1 N–H and O–H groups in total. The van der Waals surface area contributed by atoms with Crippen LogP contribution >= 0.6 is 27.3 Å². The summed E-state index contributed by atoms with van der Waals surface area (Å²) in [7, 11) is 1.78. The van der Waals surface area contributed by atoms with Crippen molar-refractivity contribution >= 4 is 55.9 Å². The fourth-order valence-corrected chi connectivity index (χ4v) is 4.18. The number of ether oxygens (including phenoxy) is 1. The number of carbonyl (C=O) groups excluding carboxylic acids is 2. The van der Waals surface area contributed by atoms with Crippen LogP contribution in [0.4, 0.5) is 5.69 Å². The van der Waals surface area contributed by atoms with Crippen LogP contribution in [-0.2, 0) is 16.6 Å². The molecule has 152 valence electrons. The normalized spacial score (nSPS) is 10.9. The van der Waals surface area contributed by atoms with Gasteiger partial charge in [0.15, 0.2) is 12.3 Å². The van der Waals surface area contributed by atoms with E-state index in [0.717, 1.165) is 9.35 Å². The van der Waals surface area contributed by atoms with Gasteiger partial charge in [0.2, 0.25) is 0 Å². The molecule has 4 rings (SSSR count). The molecule has 0 saturated carbocycles. The summed E-state index contributed by atoms with van der Waals surface area (Å²) in [6, 6.07) is 12.8. The summed E-state index contributed by atoms with van der Waals surface area (Å²) in [4.78, 5) is 30.7. The van der Waals surface area contributed by atoms with Gasteiger partial charge >= 0.3 is 5.97 Å². The molecular weight excluding hydrogens is 468 g/mol. The van der Waals surface area contributed by atoms with E-state index < -0.39 is 18.5 Å². The van der Waals surface area contributed by atoms with Crippen molar-refractivity contribution in [3.63, 3.8) is 0 Å². The third-order valence-electron chi connectivity index (χ3n) is 4.44. The summed E-state index contributed by atoms with van der Waals surface area (Å²) >= 11 is 4.89. The van der Waals surface area contributed by atoms with Crippen LogP contribution in [0, 0.1) is 6.92 Å². The molecule has 3 aromatic heterocycles. The van der Waals surface area contributed by atoms with E-state index in [-0.39, 0.29) is 0 Å². The molecule has 0 atom stereocenters. The number of hydrogen-bond donors (Lipinski definition) is 1. The summed E-state index contributed by atoms with van der Waals surface area (Å²) in [6.07, 6.45) is 0. The quantitative estimate of drug-likeness (QED) is 0.419. The summed E-state index contributed by atoms with van der Waals surface area (Å²) in [6.45, 7) is 1.41. The van der Waals surface area contributed by atoms with Gasteiger partial charge in [0.1, 0.15) is 0 Å². The zero-order valence-corrected chi connectivity index (χ0v) is 18.6. The summed E-state index contributed by atoms with van der Waals surface area (Å²) in [5.41, 5.74) is 2.85. The number of para-hydroxylation sites is 1. The van der Waals surface area contributed by atoms with Crippen LogP contribution in [0.2, 0.25) is 0 Å². The van der Waals surface area contributed by atoms with Crippen molar-refractivity contribution in [1.82, 2.24) is 14.8 Å². The van der Waals surface area contributed by atoms with Crippen molar-refractivity contribution < 1.29 is 14.3 Å². The Morgan fingerprint density at radius 3 is 2.77 bits per heavy atom. The third-order valence-corrected chi connectivity index (χ3v) is 6.03. The van der Waals surface area contributed by atoms with Gasteiger partial charge in [-0.25, -0.2) is 9.78 Å². The molecule has 9 heteroatoms. The number of rotatable bonds is 5. The van der Waals surface area contributed by atoms with E-state index in [1.165, 1.54) is 11.3 Å². The van der Waals surface area contributed by atoms with Crippen LogP contribution in [0.1, 0.15) is 16.1 Å². The zero-order valence-electron chi connectivity index (χ0n) is 16.2. The molecule has 0 aliphatic heterocycles. The lowest BCUT2D eigenvalue weighted by molar-refractivity contribution is -0.119. The predicted octanol–water partition coefficient (Wildman–Crippen LogP) is 4.56. The van der Waals surface area contributed by atoms with E-state index in [1.807, 2.05) is 36.6 Å². The fraction of sp³-hybridized carbons (Fsp3) is 0.143. The van der Waals surface area contributed by atoms with Crippen molar-refractivity contribution in [2.24, 2.45) is 7.05 Å². The number of esters is 1. The van der Waals surface area contributed by atoms with Gasteiger partial charge in [0, 0.05) is 11.5 Å². The molecule has 0 spiro atoms. The Hall–Kier alpha value is -3.04. The Bertz CT molecular complexity index is 1250. The van der Waals surface area contributed by atoms with E-state index in [4.69, 9.17) is 4.74 Å². The SMILES string of the molecule is Cc1nn(C)c2nc(-c3cccs3)cc(C(=O)OCC(=O)Nc3ccccc3Br)c12. The highest BCUT2D eigenvalue weighted by Gasteiger charge is 2.21. The average molecular weight is 485 g/mol. The van der Waals surface area contributed by atoms with Crippen LogP contribution in [-0.4, -0.2) is 33.2 Å². The molecule has 0 unspecified atom stereocenters. The van der Waals surface area contributed by atoms with Gasteiger partial charge in [-0.05, 0) is 52.5 Å². The molecule has 0 aliphatic rings. The molecule has 1 aromatic carbocycles. The largest absolute Gasteiger partial charge is 0.452 e. The van der Waals surface area contributed by atoms with E-state index in [2.05, 4.69) is 31.3 Å². The molecule has 0 saturated heterocycles. The first-order chi connectivity index (χ1) is 14.4. The van der Waals surface area contributed by atoms with E-state index in [0.29, 0.717) is 33.7 Å². The van der Waals surface area contributed by atoms with Gasteiger partial charge in [-0.2, -0.15) is 5.10 Å². The van der Waals surface area contributed by atoms with Gasteiger partial charge in [-0.3, -0.25) is 9.48 Å². The number of hydrogen-bond acceptors (Lipinski definition) is 6. The number of aromatic nitrogens is 3. The lowest BCUT2D eigenvalue weighted by atomic mass is 10.1. The number of pyridine rings is 1. The predicted molar refractivity (Wildman–Crippen MR) is 120 cm³/mol. The minimum absolute atomic E-state index is 0.336. The molecule has 4 aromatic rings. The average Bonchev–Trinajstić information content (AvgIpc) is 3.36. The van der Waals surface area contributed by atoms with E-state index in [9.17, 15) is 9.59 Å². The number of thiophene rings is 1. The topological polar surface area (TPSA) is 86.1 Å². The number of amides is 1. The standard InChI is InChI=1S/C21H17BrN4O3S/c1-12-19-13(10-16(17-8-5-9-30-17)24-20(19)26(2)25-12)21(28)29-11-18(27)23-15-7-4-3-6-14(15)22/h3-10H,11H2,1-2H3,(H,23,27). The zero-order chi connectivity index (χ0) is 21.3. The third kappa shape index (κ3) is 3.99. The second-order valence-electron chi connectivity index (χ2n) is 6.54. The first-order valence-electron chi connectivity index (χ1n) is 9.04. The van der Waals surface area contributed by atoms with Gasteiger partial charge < -0.3 is 10.1 Å². The molecular formula is C21H17BrN4O3S. The van der Waals surface area contributed by atoms with Crippen molar-refractivity contribution in [3.05, 3.63) is 63.6 Å². The van der Waals surface area contributed by atoms with Crippen molar-refractivity contribution in [1.29, 1.82) is 0 Å². The highest BCUT2D eigenvalue weighted by molar-refractivity contribution is 9.10. The summed E-state index contributed by atoms with van der Waals surface area (Å²) < 4.78 is 7.70. The number of nitrogens with one attached hydrogen (secondary N) is 1. The summed E-state index contributed by atoms with van der Waals surface area (Å²) in [5.74, 6) is -1.03. The second-order valence-corrected chi connectivity index (χ2v) is 8.35. The van der Waals surface area contributed by atoms with Crippen LogP contribution in [0.25, 0.3) is 21.6 Å².